The van der Waals surface area contributed by atoms with Gasteiger partial charge in [-0.25, -0.2) is 4.39 Å². The summed E-state index contributed by atoms with van der Waals surface area (Å²) in [5.74, 6) is -0.807. The zero-order valence-electron chi connectivity index (χ0n) is 6.85. The molecule has 0 radical (unpaired) electrons. The van der Waals surface area contributed by atoms with Crippen molar-refractivity contribution >= 4 is 15.9 Å². The van der Waals surface area contributed by atoms with Crippen molar-refractivity contribution in [2.45, 2.75) is 12.5 Å². The van der Waals surface area contributed by atoms with Crippen LogP contribution >= 0.6 is 15.9 Å². The molecule has 0 amide bonds. The summed E-state index contributed by atoms with van der Waals surface area (Å²) in [6, 6.07) is 2.96. The van der Waals surface area contributed by atoms with Crippen molar-refractivity contribution < 1.29 is 9.50 Å². The van der Waals surface area contributed by atoms with Crippen LogP contribution < -0.4 is 5.32 Å². The fraction of sp³-hybridized carbons (Fsp3) is 0.333. The number of rotatable bonds is 1. The van der Waals surface area contributed by atoms with E-state index in [0.29, 0.717) is 5.56 Å². The zero-order chi connectivity index (χ0) is 9.42. The first-order chi connectivity index (χ1) is 6.20. The van der Waals surface area contributed by atoms with Crippen molar-refractivity contribution in [2.75, 3.05) is 6.54 Å². The molecule has 0 spiro atoms. The molecule has 1 aromatic rings. The van der Waals surface area contributed by atoms with Crippen LogP contribution in [-0.4, -0.2) is 11.7 Å². The van der Waals surface area contributed by atoms with Crippen LogP contribution in [0.25, 0.3) is 0 Å². The summed E-state index contributed by atoms with van der Waals surface area (Å²) in [6.45, 7) is 0.924. The maximum absolute atomic E-state index is 13.0. The number of halogens is 2. The van der Waals surface area contributed by atoms with E-state index in [0.717, 1.165) is 17.4 Å². The van der Waals surface area contributed by atoms with Gasteiger partial charge >= 0.3 is 0 Å². The second-order valence-electron chi connectivity index (χ2n) is 3.09. The summed E-state index contributed by atoms with van der Waals surface area (Å²) in [7, 11) is 0. The molecule has 2 N–H and O–H groups in total. The molecule has 70 valence electrons. The van der Waals surface area contributed by atoms with E-state index in [-0.39, 0.29) is 11.8 Å². The van der Waals surface area contributed by atoms with Gasteiger partial charge in [0, 0.05) is 16.1 Å². The molecule has 2 rings (SSSR count). The maximum atomic E-state index is 13.0. The SMILES string of the molecule is Oc1c(F)ccc(Br)c1[C@@H]1CCN1. The van der Waals surface area contributed by atoms with E-state index >= 15 is 0 Å². The Hall–Kier alpha value is -0.610. The molecule has 1 aliphatic heterocycles. The first-order valence-corrected chi connectivity index (χ1v) is 4.89. The molecule has 0 saturated carbocycles. The fourth-order valence-corrected chi connectivity index (χ4v) is 2.02. The standard InChI is InChI=1S/C9H9BrFNO/c10-5-1-2-6(11)9(13)8(5)7-3-4-12-7/h1-2,7,12-13H,3-4H2/t7-/m0/s1. The number of nitrogens with one attached hydrogen (secondary N) is 1. The Bertz CT molecular complexity index is 339. The lowest BCUT2D eigenvalue weighted by atomic mass is 9.97. The van der Waals surface area contributed by atoms with E-state index in [4.69, 9.17) is 0 Å². The van der Waals surface area contributed by atoms with E-state index in [9.17, 15) is 9.50 Å². The van der Waals surface area contributed by atoms with Crippen molar-refractivity contribution in [1.82, 2.24) is 5.32 Å². The van der Waals surface area contributed by atoms with Crippen LogP contribution in [0.1, 0.15) is 18.0 Å². The highest BCUT2D eigenvalue weighted by atomic mass is 79.9. The second kappa shape index (κ2) is 3.27. The lowest BCUT2D eigenvalue weighted by Crippen LogP contribution is -2.35. The molecule has 0 aliphatic carbocycles. The van der Waals surface area contributed by atoms with E-state index in [1.54, 1.807) is 6.07 Å². The van der Waals surface area contributed by atoms with Crippen molar-refractivity contribution in [3.63, 3.8) is 0 Å². The van der Waals surface area contributed by atoms with Gasteiger partial charge in [0.15, 0.2) is 11.6 Å². The van der Waals surface area contributed by atoms with Gasteiger partial charge in [-0.3, -0.25) is 0 Å². The quantitative estimate of drug-likeness (QED) is 0.797. The summed E-state index contributed by atoms with van der Waals surface area (Å²) < 4.78 is 13.7. The average Bonchev–Trinajstić information content (AvgIpc) is 2.02. The van der Waals surface area contributed by atoms with Crippen LogP contribution in [0.2, 0.25) is 0 Å². The van der Waals surface area contributed by atoms with E-state index < -0.39 is 5.82 Å². The highest BCUT2D eigenvalue weighted by Gasteiger charge is 2.25. The number of hydrogen-bond donors (Lipinski definition) is 2. The van der Waals surface area contributed by atoms with Crippen LogP contribution in [0.3, 0.4) is 0 Å². The van der Waals surface area contributed by atoms with Crippen LogP contribution in [-0.2, 0) is 0 Å². The molecule has 1 atom stereocenters. The van der Waals surface area contributed by atoms with Gasteiger partial charge in [0.1, 0.15) is 0 Å². The molecule has 0 aromatic heterocycles. The second-order valence-corrected chi connectivity index (χ2v) is 3.94. The Morgan fingerprint density at radius 1 is 1.54 bits per heavy atom. The summed E-state index contributed by atoms with van der Waals surface area (Å²) >= 11 is 3.29. The van der Waals surface area contributed by atoms with Gasteiger partial charge in [0.05, 0.1) is 0 Å². The number of phenols is 1. The zero-order valence-corrected chi connectivity index (χ0v) is 8.44. The highest BCUT2D eigenvalue weighted by molar-refractivity contribution is 9.10. The first-order valence-electron chi connectivity index (χ1n) is 4.10. The fourth-order valence-electron chi connectivity index (χ4n) is 1.42. The predicted octanol–water partition coefficient (Wildman–Crippen LogP) is 2.33. The van der Waals surface area contributed by atoms with Crippen molar-refractivity contribution in [2.24, 2.45) is 0 Å². The Balaban J connectivity index is 2.46. The Labute approximate surface area is 83.9 Å². The molecule has 1 fully saturated rings. The molecule has 2 nitrogen and oxygen atoms in total. The number of benzene rings is 1. The Morgan fingerprint density at radius 3 is 2.77 bits per heavy atom. The van der Waals surface area contributed by atoms with Crippen molar-refractivity contribution in [3.8, 4) is 5.75 Å². The van der Waals surface area contributed by atoms with Gasteiger partial charge in [-0.15, -0.1) is 0 Å². The molecule has 0 unspecified atom stereocenters. The van der Waals surface area contributed by atoms with Crippen LogP contribution in [0, 0.1) is 5.82 Å². The van der Waals surface area contributed by atoms with E-state index in [1.807, 2.05) is 0 Å². The first kappa shape index (κ1) is 8.97. The monoisotopic (exact) mass is 245 g/mol. The third-order valence-electron chi connectivity index (χ3n) is 2.29. The molecule has 4 heteroatoms. The lowest BCUT2D eigenvalue weighted by molar-refractivity contribution is 0.353. The molecule has 13 heavy (non-hydrogen) atoms. The van der Waals surface area contributed by atoms with E-state index in [1.165, 1.54) is 6.07 Å². The van der Waals surface area contributed by atoms with Crippen LogP contribution in [0.5, 0.6) is 5.75 Å². The molecule has 1 heterocycles. The topological polar surface area (TPSA) is 32.3 Å². The van der Waals surface area contributed by atoms with Crippen molar-refractivity contribution in [3.05, 3.63) is 28.0 Å². The predicted molar refractivity (Wildman–Crippen MR) is 51.1 cm³/mol. The lowest BCUT2D eigenvalue weighted by Gasteiger charge is -2.29. The smallest absolute Gasteiger partial charge is 0.165 e. The molecule has 0 bridgehead atoms. The number of aromatic hydroxyl groups is 1. The van der Waals surface area contributed by atoms with Gasteiger partial charge in [-0.05, 0) is 25.1 Å². The summed E-state index contributed by atoms with van der Waals surface area (Å²) in [6.07, 6.45) is 0.940. The molecule has 1 saturated heterocycles. The summed E-state index contributed by atoms with van der Waals surface area (Å²) in [5, 5.41) is 12.6. The molecular weight excluding hydrogens is 237 g/mol. The number of phenolic OH excluding ortho intramolecular Hbond substituents is 1. The molecule has 1 aliphatic rings. The summed E-state index contributed by atoms with van der Waals surface area (Å²) in [4.78, 5) is 0. The van der Waals surface area contributed by atoms with E-state index in [2.05, 4.69) is 21.2 Å². The maximum Gasteiger partial charge on any atom is 0.165 e. The minimum atomic E-state index is -0.563. The highest BCUT2D eigenvalue weighted by Crippen LogP contribution is 2.37. The number of hydrogen-bond acceptors (Lipinski definition) is 2. The third kappa shape index (κ3) is 1.44. The summed E-state index contributed by atoms with van der Waals surface area (Å²) in [5.41, 5.74) is 0.631. The Kier molecular flexibility index (Phi) is 2.26. The molecule has 1 aromatic carbocycles. The van der Waals surface area contributed by atoms with Gasteiger partial charge in [0.25, 0.3) is 0 Å². The normalized spacial score (nSPS) is 21.2. The minimum absolute atomic E-state index is 0.0880. The van der Waals surface area contributed by atoms with Gasteiger partial charge in [-0.2, -0.15) is 0 Å². The van der Waals surface area contributed by atoms with Crippen molar-refractivity contribution in [1.29, 1.82) is 0 Å². The largest absolute Gasteiger partial charge is 0.505 e. The van der Waals surface area contributed by atoms with Gasteiger partial charge in [-0.1, -0.05) is 15.9 Å². The molecular formula is C9H9BrFNO. The average molecular weight is 246 g/mol. The minimum Gasteiger partial charge on any atom is -0.505 e. The van der Waals surface area contributed by atoms with Gasteiger partial charge in [0.2, 0.25) is 0 Å². The van der Waals surface area contributed by atoms with Gasteiger partial charge < -0.3 is 10.4 Å². The third-order valence-corrected chi connectivity index (χ3v) is 2.98. The Morgan fingerprint density at radius 2 is 2.23 bits per heavy atom. The van der Waals surface area contributed by atoms with Crippen LogP contribution in [0.4, 0.5) is 4.39 Å². The van der Waals surface area contributed by atoms with Crippen LogP contribution in [0.15, 0.2) is 16.6 Å².